The molecule has 0 fully saturated rings. The van der Waals surface area contributed by atoms with Crippen LogP contribution in [-0.4, -0.2) is 18.4 Å². The van der Waals surface area contributed by atoms with Crippen LogP contribution in [0, 0.1) is 5.92 Å². The van der Waals surface area contributed by atoms with Crippen LogP contribution in [0.2, 0.25) is 13.1 Å². The highest BCUT2D eigenvalue weighted by Gasteiger charge is 2.42. The lowest BCUT2D eigenvalue weighted by molar-refractivity contribution is 0.112. The summed E-state index contributed by atoms with van der Waals surface area (Å²) in [5, 5.41) is 11.5. The van der Waals surface area contributed by atoms with E-state index >= 15 is 0 Å². The molecule has 0 heterocycles. The highest BCUT2D eigenvalue weighted by atomic mass is 28.3. The van der Waals surface area contributed by atoms with Crippen LogP contribution < -0.4 is 5.19 Å². The zero-order chi connectivity index (χ0) is 12.4. The van der Waals surface area contributed by atoms with Crippen molar-refractivity contribution in [3.05, 3.63) is 30.3 Å². The number of aliphatic hydroxyl groups is 1. The molecule has 0 saturated heterocycles. The van der Waals surface area contributed by atoms with Crippen LogP contribution in [-0.2, 0) is 0 Å². The van der Waals surface area contributed by atoms with Gasteiger partial charge >= 0.3 is 0 Å². The quantitative estimate of drug-likeness (QED) is 0.797. The molecule has 1 nitrogen and oxygen atoms in total. The van der Waals surface area contributed by atoms with Crippen molar-refractivity contribution in [2.75, 3.05) is 0 Å². The fraction of sp³-hybridized carbons (Fsp3) is 0.571. The lowest BCUT2D eigenvalue weighted by Gasteiger charge is -2.40. The van der Waals surface area contributed by atoms with Gasteiger partial charge in [-0.25, -0.2) is 0 Å². The first-order chi connectivity index (χ1) is 7.27. The summed E-state index contributed by atoms with van der Waals surface area (Å²) in [4.78, 5) is 0. The molecule has 0 bridgehead atoms. The van der Waals surface area contributed by atoms with E-state index in [1.165, 1.54) is 5.19 Å². The molecule has 1 aromatic carbocycles. The number of rotatable bonds is 4. The van der Waals surface area contributed by atoms with Gasteiger partial charge in [-0.05, 0) is 19.3 Å². The minimum absolute atomic E-state index is 0.533. The van der Waals surface area contributed by atoms with Gasteiger partial charge in [0.2, 0.25) is 0 Å². The molecule has 1 rings (SSSR count). The lowest BCUT2D eigenvalue weighted by Crippen LogP contribution is -2.61. The van der Waals surface area contributed by atoms with Gasteiger partial charge in [-0.3, -0.25) is 0 Å². The van der Waals surface area contributed by atoms with E-state index in [0.717, 1.165) is 6.42 Å². The van der Waals surface area contributed by atoms with Crippen molar-refractivity contribution >= 4 is 13.3 Å². The van der Waals surface area contributed by atoms with Gasteiger partial charge in [-0.15, -0.1) is 0 Å². The largest absolute Gasteiger partial charge is 0.393 e. The van der Waals surface area contributed by atoms with E-state index in [0.29, 0.717) is 5.92 Å². The van der Waals surface area contributed by atoms with E-state index in [4.69, 9.17) is 0 Å². The van der Waals surface area contributed by atoms with Gasteiger partial charge in [0, 0.05) is 0 Å². The molecule has 1 N–H and O–H groups in total. The SMILES string of the molecule is CC(C)CC(C)(O)[Si](C)(C)c1ccccc1. The average Bonchev–Trinajstić information content (AvgIpc) is 2.17. The Kier molecular flexibility index (Phi) is 3.97. The summed E-state index contributed by atoms with van der Waals surface area (Å²) in [5.41, 5.74) is 0. The molecular weight excluding hydrogens is 212 g/mol. The van der Waals surface area contributed by atoms with Crippen molar-refractivity contribution in [2.24, 2.45) is 5.92 Å². The standard InChI is InChI=1S/C14H24OSi/c1-12(2)11-14(3,15)16(4,5)13-9-7-6-8-10-13/h6-10,12,15H,11H2,1-5H3. The minimum atomic E-state index is -1.81. The number of hydrogen-bond donors (Lipinski definition) is 1. The van der Waals surface area contributed by atoms with E-state index in [2.05, 4.69) is 51.2 Å². The molecule has 0 radical (unpaired) electrons. The van der Waals surface area contributed by atoms with Gasteiger partial charge < -0.3 is 5.11 Å². The van der Waals surface area contributed by atoms with Crippen molar-refractivity contribution in [1.82, 2.24) is 0 Å². The monoisotopic (exact) mass is 236 g/mol. The van der Waals surface area contributed by atoms with E-state index in [1.807, 2.05) is 13.0 Å². The average molecular weight is 236 g/mol. The van der Waals surface area contributed by atoms with Gasteiger partial charge in [-0.2, -0.15) is 0 Å². The maximum atomic E-state index is 10.7. The first-order valence-electron chi connectivity index (χ1n) is 6.05. The Hall–Kier alpha value is -0.603. The molecule has 90 valence electrons. The van der Waals surface area contributed by atoms with E-state index in [1.54, 1.807) is 0 Å². The molecule has 0 aliphatic rings. The molecule has 1 unspecified atom stereocenters. The van der Waals surface area contributed by atoms with Crippen LogP contribution in [0.5, 0.6) is 0 Å². The fourth-order valence-electron chi connectivity index (χ4n) is 2.22. The van der Waals surface area contributed by atoms with Crippen molar-refractivity contribution in [3.8, 4) is 0 Å². The Morgan fingerprint density at radius 3 is 2.12 bits per heavy atom. The van der Waals surface area contributed by atoms with Crippen molar-refractivity contribution in [2.45, 2.75) is 45.5 Å². The second-order valence-corrected chi connectivity index (χ2v) is 10.8. The molecule has 1 atom stereocenters. The highest BCUT2D eigenvalue weighted by Crippen LogP contribution is 2.27. The van der Waals surface area contributed by atoms with Crippen LogP contribution >= 0.6 is 0 Å². The van der Waals surface area contributed by atoms with Gasteiger partial charge in [0.25, 0.3) is 0 Å². The topological polar surface area (TPSA) is 20.2 Å². The van der Waals surface area contributed by atoms with Crippen molar-refractivity contribution in [1.29, 1.82) is 0 Å². The molecule has 0 aromatic heterocycles. The Morgan fingerprint density at radius 1 is 1.19 bits per heavy atom. The van der Waals surface area contributed by atoms with Gasteiger partial charge in [-0.1, -0.05) is 62.5 Å². The van der Waals surface area contributed by atoms with E-state index < -0.39 is 13.3 Å². The molecule has 0 aliphatic carbocycles. The fourth-order valence-corrected chi connectivity index (χ4v) is 4.78. The number of benzene rings is 1. The minimum Gasteiger partial charge on any atom is -0.393 e. The summed E-state index contributed by atoms with van der Waals surface area (Å²) in [5.74, 6) is 0.533. The zero-order valence-electron chi connectivity index (χ0n) is 11.1. The summed E-state index contributed by atoms with van der Waals surface area (Å²) in [6, 6.07) is 10.5. The Balaban J connectivity index is 3.01. The van der Waals surface area contributed by atoms with Crippen LogP contribution in [0.15, 0.2) is 30.3 Å². The Labute approximate surface area is 101 Å². The normalized spacial score (nSPS) is 16.2. The van der Waals surface area contributed by atoms with Gasteiger partial charge in [0.15, 0.2) is 0 Å². The first kappa shape index (κ1) is 13.5. The smallest absolute Gasteiger partial charge is 0.116 e. The molecular formula is C14H24OSi. The zero-order valence-corrected chi connectivity index (χ0v) is 12.1. The predicted octanol–water partition coefficient (Wildman–Crippen LogP) is 2.94. The summed E-state index contributed by atoms with van der Waals surface area (Å²) in [6.45, 7) is 10.9. The van der Waals surface area contributed by atoms with Gasteiger partial charge in [0.05, 0.1) is 5.22 Å². The van der Waals surface area contributed by atoms with E-state index in [9.17, 15) is 5.11 Å². The molecule has 0 amide bonds. The van der Waals surface area contributed by atoms with Gasteiger partial charge in [0.1, 0.15) is 8.07 Å². The summed E-state index contributed by atoms with van der Waals surface area (Å²) in [6.07, 6.45) is 0.876. The molecule has 2 heteroatoms. The molecule has 1 aromatic rings. The third kappa shape index (κ3) is 2.74. The van der Waals surface area contributed by atoms with Crippen LogP contribution in [0.3, 0.4) is 0 Å². The third-order valence-electron chi connectivity index (χ3n) is 3.65. The van der Waals surface area contributed by atoms with Crippen LogP contribution in [0.4, 0.5) is 0 Å². The third-order valence-corrected chi connectivity index (χ3v) is 8.32. The van der Waals surface area contributed by atoms with Crippen LogP contribution in [0.1, 0.15) is 27.2 Å². The maximum absolute atomic E-state index is 10.7. The molecule has 16 heavy (non-hydrogen) atoms. The first-order valence-corrected chi connectivity index (χ1v) is 9.05. The maximum Gasteiger partial charge on any atom is 0.116 e. The summed E-state index contributed by atoms with van der Waals surface area (Å²) in [7, 11) is -1.81. The predicted molar refractivity (Wildman–Crippen MR) is 73.6 cm³/mol. The van der Waals surface area contributed by atoms with E-state index in [-0.39, 0.29) is 0 Å². The Bertz CT molecular complexity index is 328. The summed E-state index contributed by atoms with van der Waals surface area (Å²) < 4.78 is 0. The lowest BCUT2D eigenvalue weighted by atomic mass is 10.1. The second-order valence-electron chi connectivity index (χ2n) is 5.86. The van der Waals surface area contributed by atoms with Crippen molar-refractivity contribution < 1.29 is 5.11 Å². The molecule has 0 saturated carbocycles. The highest BCUT2D eigenvalue weighted by molar-refractivity contribution is 6.92. The van der Waals surface area contributed by atoms with Crippen LogP contribution in [0.25, 0.3) is 0 Å². The molecule has 0 aliphatic heterocycles. The van der Waals surface area contributed by atoms with Crippen molar-refractivity contribution in [3.63, 3.8) is 0 Å². The molecule has 0 spiro atoms. The number of hydrogen-bond acceptors (Lipinski definition) is 1. The summed E-state index contributed by atoms with van der Waals surface area (Å²) >= 11 is 0. The Morgan fingerprint density at radius 2 is 1.69 bits per heavy atom. The second kappa shape index (κ2) is 4.72.